The average Bonchev–Trinajstić information content (AvgIpc) is 3.03. The molecule has 2 aliphatic heterocycles. The maximum atomic E-state index is 14.0. The summed E-state index contributed by atoms with van der Waals surface area (Å²) in [6.07, 6.45) is 0. The largest absolute Gasteiger partial charge is 0.497 e. The van der Waals surface area contributed by atoms with E-state index in [9.17, 15) is 19.2 Å². The fourth-order valence-corrected chi connectivity index (χ4v) is 6.05. The SMILES string of the molecule is COC(=O)C1C(C)=NC(C)=C(C(=O)OC(=O)C2=C(C)N=C(C)C(C(=O)OC)C2c2cccc(OC)c2)C1c1cccc(OC)c1. The number of rotatable bonds is 8. The minimum Gasteiger partial charge on any atom is -0.497 e. The lowest BCUT2D eigenvalue weighted by Crippen LogP contribution is -2.38. The summed E-state index contributed by atoms with van der Waals surface area (Å²) in [5, 5.41) is 0. The van der Waals surface area contributed by atoms with Crippen LogP contribution in [0.4, 0.5) is 0 Å². The Labute approximate surface area is 261 Å². The van der Waals surface area contributed by atoms with Crippen LogP contribution in [0.2, 0.25) is 0 Å². The van der Waals surface area contributed by atoms with Crippen LogP contribution < -0.4 is 9.47 Å². The molecule has 0 amide bonds. The van der Waals surface area contributed by atoms with Gasteiger partial charge in [-0.15, -0.1) is 0 Å². The van der Waals surface area contributed by atoms with E-state index >= 15 is 0 Å². The third kappa shape index (κ3) is 6.43. The maximum Gasteiger partial charge on any atom is 0.344 e. The van der Waals surface area contributed by atoms with Crippen molar-refractivity contribution in [3.63, 3.8) is 0 Å². The van der Waals surface area contributed by atoms with Crippen molar-refractivity contribution in [2.45, 2.75) is 39.5 Å². The van der Waals surface area contributed by atoms with Crippen molar-refractivity contribution in [1.29, 1.82) is 0 Å². The van der Waals surface area contributed by atoms with Gasteiger partial charge in [-0.25, -0.2) is 9.59 Å². The van der Waals surface area contributed by atoms with E-state index in [0.717, 1.165) is 0 Å². The number of carbonyl (C=O) groups excluding carboxylic acids is 4. The van der Waals surface area contributed by atoms with Crippen LogP contribution in [0.3, 0.4) is 0 Å². The van der Waals surface area contributed by atoms with Crippen molar-refractivity contribution < 1.29 is 42.9 Å². The van der Waals surface area contributed by atoms with Gasteiger partial charge in [-0.05, 0) is 63.1 Å². The zero-order valence-electron chi connectivity index (χ0n) is 26.5. The zero-order chi connectivity index (χ0) is 33.0. The van der Waals surface area contributed by atoms with Gasteiger partial charge in [0.25, 0.3) is 0 Å². The molecule has 0 aromatic heterocycles. The molecule has 0 aliphatic carbocycles. The molecule has 2 aromatic carbocycles. The molecule has 0 saturated carbocycles. The molecule has 236 valence electrons. The van der Waals surface area contributed by atoms with Gasteiger partial charge >= 0.3 is 23.9 Å². The van der Waals surface area contributed by atoms with Crippen molar-refractivity contribution in [3.8, 4) is 11.5 Å². The van der Waals surface area contributed by atoms with Gasteiger partial charge < -0.3 is 23.7 Å². The third-order valence-electron chi connectivity index (χ3n) is 8.10. The minimum absolute atomic E-state index is 0.00814. The van der Waals surface area contributed by atoms with E-state index in [2.05, 4.69) is 9.98 Å². The summed E-state index contributed by atoms with van der Waals surface area (Å²) in [4.78, 5) is 63.1. The number of ether oxygens (including phenoxy) is 5. The van der Waals surface area contributed by atoms with Gasteiger partial charge in [-0.2, -0.15) is 0 Å². The van der Waals surface area contributed by atoms with E-state index in [1.165, 1.54) is 28.4 Å². The van der Waals surface area contributed by atoms with Crippen molar-refractivity contribution >= 4 is 35.3 Å². The van der Waals surface area contributed by atoms with Gasteiger partial charge in [0.15, 0.2) is 0 Å². The number of nitrogens with zero attached hydrogens (tertiary/aromatic N) is 2. The third-order valence-corrected chi connectivity index (χ3v) is 8.10. The molecule has 4 rings (SSSR count). The summed E-state index contributed by atoms with van der Waals surface area (Å²) in [6, 6.07) is 13.8. The van der Waals surface area contributed by atoms with Crippen LogP contribution >= 0.6 is 0 Å². The number of aliphatic imine (C=N–C) groups is 2. The molecule has 11 heteroatoms. The molecule has 4 unspecified atom stereocenters. The number of hydrogen-bond acceptors (Lipinski definition) is 11. The fourth-order valence-electron chi connectivity index (χ4n) is 6.05. The van der Waals surface area contributed by atoms with E-state index in [1.807, 2.05) is 0 Å². The van der Waals surface area contributed by atoms with E-state index in [-0.39, 0.29) is 22.5 Å². The predicted molar refractivity (Wildman–Crippen MR) is 165 cm³/mol. The minimum atomic E-state index is -0.999. The van der Waals surface area contributed by atoms with Crippen LogP contribution in [0, 0.1) is 11.8 Å². The quantitative estimate of drug-likeness (QED) is 0.234. The second-order valence-corrected chi connectivity index (χ2v) is 10.7. The Kier molecular flexibility index (Phi) is 10.0. The number of allylic oxidation sites excluding steroid dienone is 2. The normalized spacial score (nSPS) is 21.3. The van der Waals surface area contributed by atoms with Gasteiger partial charge in [-0.3, -0.25) is 19.6 Å². The number of methoxy groups -OCH3 is 4. The van der Waals surface area contributed by atoms with Crippen LogP contribution in [0.25, 0.3) is 0 Å². The molecule has 0 bridgehead atoms. The summed E-state index contributed by atoms with van der Waals surface area (Å²) in [5.41, 5.74) is 2.56. The Balaban J connectivity index is 1.82. The van der Waals surface area contributed by atoms with Crippen molar-refractivity contribution in [1.82, 2.24) is 0 Å². The van der Waals surface area contributed by atoms with Crippen LogP contribution in [-0.2, 0) is 33.4 Å². The molecule has 11 nitrogen and oxygen atoms in total. The van der Waals surface area contributed by atoms with Crippen LogP contribution in [0.1, 0.15) is 50.7 Å². The van der Waals surface area contributed by atoms with Crippen LogP contribution in [-0.4, -0.2) is 63.7 Å². The fraction of sp³-hybridized carbons (Fsp3) is 0.353. The number of carbonyl (C=O) groups is 4. The Morgan fingerprint density at radius 2 is 0.978 bits per heavy atom. The van der Waals surface area contributed by atoms with E-state index in [1.54, 1.807) is 76.2 Å². The molecular formula is C34H36N2O9. The summed E-state index contributed by atoms with van der Waals surface area (Å²) in [6.45, 7) is 6.56. The molecule has 0 spiro atoms. The Morgan fingerprint density at radius 3 is 1.31 bits per heavy atom. The molecule has 0 N–H and O–H groups in total. The van der Waals surface area contributed by atoms with Gasteiger partial charge in [-0.1, -0.05) is 24.3 Å². The second-order valence-electron chi connectivity index (χ2n) is 10.7. The Morgan fingerprint density at radius 1 is 0.600 bits per heavy atom. The predicted octanol–water partition coefficient (Wildman–Crippen LogP) is 4.72. The lowest BCUT2D eigenvalue weighted by atomic mass is 9.75. The van der Waals surface area contributed by atoms with Crippen LogP contribution in [0.5, 0.6) is 11.5 Å². The summed E-state index contributed by atoms with van der Waals surface area (Å²) in [7, 11) is 5.51. The molecule has 2 aromatic rings. The molecule has 4 atom stereocenters. The molecule has 0 saturated heterocycles. The lowest BCUT2D eigenvalue weighted by Gasteiger charge is -2.32. The summed E-state index contributed by atoms with van der Waals surface area (Å²) in [5.74, 6) is -5.95. The van der Waals surface area contributed by atoms with Crippen molar-refractivity contribution in [2.24, 2.45) is 21.8 Å². The topological polar surface area (TPSA) is 139 Å². The maximum absolute atomic E-state index is 14.0. The first-order chi connectivity index (χ1) is 21.5. The lowest BCUT2D eigenvalue weighted by molar-refractivity contribution is -0.154. The first kappa shape index (κ1) is 32.8. The molecule has 45 heavy (non-hydrogen) atoms. The number of benzene rings is 2. The molecule has 0 fully saturated rings. The molecular weight excluding hydrogens is 580 g/mol. The first-order valence-electron chi connectivity index (χ1n) is 14.2. The van der Waals surface area contributed by atoms with Crippen LogP contribution in [0.15, 0.2) is 81.1 Å². The van der Waals surface area contributed by atoms with Crippen molar-refractivity contribution in [2.75, 3.05) is 28.4 Å². The van der Waals surface area contributed by atoms with Gasteiger partial charge in [0.2, 0.25) is 0 Å². The molecule has 2 heterocycles. The summed E-state index contributed by atoms with van der Waals surface area (Å²) < 4.78 is 26.5. The average molecular weight is 617 g/mol. The standard InChI is InChI=1S/C34H36N2O9/c1-17-25(31(37)43-7)29(21-11-9-13-23(15-21)41-5)27(19(3)35-17)33(39)45-34(40)28-20(4)36-18(2)26(32(38)44-8)30(28)22-12-10-14-24(16-22)42-6/h9-16,25-26,29-30H,1-8H3. The number of esters is 4. The number of hydrogen-bond donors (Lipinski definition) is 0. The van der Waals surface area contributed by atoms with E-state index in [0.29, 0.717) is 34.0 Å². The van der Waals surface area contributed by atoms with E-state index in [4.69, 9.17) is 23.7 Å². The summed E-state index contributed by atoms with van der Waals surface area (Å²) >= 11 is 0. The molecule has 2 aliphatic rings. The van der Waals surface area contributed by atoms with Gasteiger partial charge in [0, 0.05) is 34.7 Å². The Hall–Kier alpha value is -5.06. The van der Waals surface area contributed by atoms with Gasteiger partial charge in [0.05, 0.1) is 39.6 Å². The van der Waals surface area contributed by atoms with Gasteiger partial charge in [0.1, 0.15) is 23.3 Å². The second kappa shape index (κ2) is 13.7. The van der Waals surface area contributed by atoms with Crippen molar-refractivity contribution in [3.05, 3.63) is 82.2 Å². The highest BCUT2D eigenvalue weighted by atomic mass is 16.6. The molecule has 0 radical (unpaired) electrons. The first-order valence-corrected chi connectivity index (χ1v) is 14.2. The highest BCUT2D eigenvalue weighted by molar-refractivity contribution is 6.11. The smallest absolute Gasteiger partial charge is 0.344 e. The highest BCUT2D eigenvalue weighted by Gasteiger charge is 2.46. The highest BCUT2D eigenvalue weighted by Crippen LogP contribution is 2.43. The Bertz CT molecular complexity index is 1550. The zero-order valence-corrected chi connectivity index (χ0v) is 26.5. The van der Waals surface area contributed by atoms with E-state index < -0.39 is 47.5 Å². The monoisotopic (exact) mass is 616 g/mol.